The van der Waals surface area contributed by atoms with Crippen LogP contribution in [0.3, 0.4) is 0 Å². The van der Waals surface area contributed by atoms with E-state index in [1.54, 1.807) is 60.7 Å². The van der Waals surface area contributed by atoms with Gasteiger partial charge in [0.1, 0.15) is 5.75 Å². The molecule has 0 atom stereocenters. The summed E-state index contributed by atoms with van der Waals surface area (Å²) in [5, 5.41) is 0. The number of halogens is 2. The molecule has 0 aliphatic rings. The van der Waals surface area contributed by atoms with E-state index in [4.69, 9.17) is 4.74 Å². The molecule has 3 rings (SSSR count). The highest BCUT2D eigenvalue weighted by atomic mass is 32.2. The van der Waals surface area contributed by atoms with Crippen LogP contribution in [-0.4, -0.2) is 20.9 Å². The molecule has 30 heavy (non-hydrogen) atoms. The molecule has 3 aromatic rings. The molecule has 0 spiro atoms. The SMILES string of the molecule is O=S(=O)(Nc1cccc(/C=C/C(F)(F)CCOc2ccccc2)c1)c1ccccc1. The Kier molecular flexibility index (Phi) is 6.84. The summed E-state index contributed by atoms with van der Waals surface area (Å²) < 4.78 is 60.8. The van der Waals surface area contributed by atoms with Gasteiger partial charge >= 0.3 is 0 Å². The molecule has 0 heterocycles. The first-order valence-electron chi connectivity index (χ1n) is 9.27. The van der Waals surface area contributed by atoms with E-state index in [9.17, 15) is 17.2 Å². The molecule has 0 fully saturated rings. The summed E-state index contributed by atoms with van der Waals surface area (Å²) >= 11 is 0. The van der Waals surface area contributed by atoms with Gasteiger partial charge in [-0.05, 0) is 48.0 Å². The number of rotatable bonds is 9. The minimum atomic E-state index is -3.75. The van der Waals surface area contributed by atoms with Crippen molar-refractivity contribution in [2.24, 2.45) is 0 Å². The number of alkyl halides is 2. The van der Waals surface area contributed by atoms with Crippen LogP contribution in [0.2, 0.25) is 0 Å². The first-order chi connectivity index (χ1) is 14.3. The molecule has 0 aliphatic heterocycles. The molecule has 4 nitrogen and oxygen atoms in total. The van der Waals surface area contributed by atoms with Crippen molar-refractivity contribution in [3.8, 4) is 5.75 Å². The molecule has 0 bridgehead atoms. The van der Waals surface area contributed by atoms with E-state index in [0.29, 0.717) is 11.3 Å². The van der Waals surface area contributed by atoms with Gasteiger partial charge in [0.2, 0.25) is 0 Å². The van der Waals surface area contributed by atoms with Crippen molar-refractivity contribution in [3.63, 3.8) is 0 Å². The van der Waals surface area contributed by atoms with E-state index < -0.39 is 22.4 Å². The van der Waals surface area contributed by atoms with Crippen LogP contribution < -0.4 is 9.46 Å². The summed E-state index contributed by atoms with van der Waals surface area (Å²) in [5.74, 6) is -2.52. The first-order valence-corrected chi connectivity index (χ1v) is 10.8. The van der Waals surface area contributed by atoms with Gasteiger partial charge in [-0.3, -0.25) is 4.72 Å². The predicted molar refractivity (Wildman–Crippen MR) is 114 cm³/mol. The van der Waals surface area contributed by atoms with E-state index in [2.05, 4.69) is 4.72 Å². The Morgan fingerprint density at radius 1 is 0.900 bits per heavy atom. The molecule has 0 saturated heterocycles. The van der Waals surface area contributed by atoms with Gasteiger partial charge < -0.3 is 4.74 Å². The van der Waals surface area contributed by atoms with Crippen LogP contribution >= 0.6 is 0 Å². The fraction of sp³-hybridized carbons (Fsp3) is 0.130. The normalized spacial score (nSPS) is 12.1. The minimum Gasteiger partial charge on any atom is -0.493 e. The molecular formula is C23H21F2NO3S. The standard InChI is InChI=1S/C23H21F2NO3S/c24-23(25,16-17-29-21-10-3-1-4-11-21)15-14-19-8-7-9-20(18-19)26-30(27,28)22-12-5-2-6-13-22/h1-15,18,26H,16-17H2/b15-14+. The van der Waals surface area contributed by atoms with Crippen LogP contribution in [0.4, 0.5) is 14.5 Å². The average molecular weight is 429 g/mol. The number of sulfonamides is 1. The smallest absolute Gasteiger partial charge is 0.270 e. The van der Waals surface area contributed by atoms with Crippen LogP contribution in [0.15, 0.2) is 95.9 Å². The summed E-state index contributed by atoms with van der Waals surface area (Å²) in [6.07, 6.45) is 1.59. The van der Waals surface area contributed by atoms with Gasteiger partial charge in [-0.1, -0.05) is 54.6 Å². The number of anilines is 1. The highest BCUT2D eigenvalue weighted by Crippen LogP contribution is 2.24. The zero-order valence-corrected chi connectivity index (χ0v) is 16.9. The van der Waals surface area contributed by atoms with Gasteiger partial charge in [-0.2, -0.15) is 0 Å². The lowest BCUT2D eigenvalue weighted by molar-refractivity contribution is 0.0320. The van der Waals surface area contributed by atoms with Gasteiger partial charge in [0.15, 0.2) is 0 Å². The van der Waals surface area contributed by atoms with E-state index in [-0.39, 0.29) is 17.2 Å². The molecule has 1 N–H and O–H groups in total. The van der Waals surface area contributed by atoms with E-state index >= 15 is 0 Å². The van der Waals surface area contributed by atoms with Crippen LogP contribution in [0, 0.1) is 0 Å². The fourth-order valence-corrected chi connectivity index (χ4v) is 3.71. The summed E-state index contributed by atoms with van der Waals surface area (Å²) in [4.78, 5) is 0.121. The lowest BCUT2D eigenvalue weighted by Gasteiger charge is -2.13. The maximum absolute atomic E-state index is 14.1. The Hall–Kier alpha value is -3.19. The van der Waals surface area contributed by atoms with E-state index in [1.807, 2.05) is 6.07 Å². The summed E-state index contributed by atoms with van der Waals surface area (Å²) in [5.41, 5.74) is 0.739. The summed E-state index contributed by atoms with van der Waals surface area (Å²) in [6, 6.07) is 22.9. The predicted octanol–water partition coefficient (Wildman–Crippen LogP) is 5.61. The minimum absolute atomic E-state index is 0.121. The third-order valence-corrected chi connectivity index (χ3v) is 5.56. The number of nitrogens with one attached hydrogen (secondary N) is 1. The molecular weight excluding hydrogens is 408 g/mol. The second-order valence-electron chi connectivity index (χ2n) is 6.55. The van der Waals surface area contributed by atoms with Crippen LogP contribution in [0.5, 0.6) is 5.75 Å². The van der Waals surface area contributed by atoms with Gasteiger partial charge in [0, 0.05) is 12.1 Å². The van der Waals surface area contributed by atoms with Gasteiger partial charge in [0.05, 0.1) is 11.5 Å². The molecule has 0 radical (unpaired) electrons. The molecule has 0 aromatic heterocycles. The Bertz CT molecular complexity index is 1090. The maximum Gasteiger partial charge on any atom is 0.270 e. The van der Waals surface area contributed by atoms with E-state index in [0.717, 1.165) is 6.08 Å². The van der Waals surface area contributed by atoms with Crippen molar-refractivity contribution in [2.45, 2.75) is 17.2 Å². The highest BCUT2D eigenvalue weighted by Gasteiger charge is 2.24. The van der Waals surface area contributed by atoms with Crippen LogP contribution in [0.25, 0.3) is 6.08 Å². The van der Waals surface area contributed by atoms with Gasteiger partial charge in [-0.15, -0.1) is 0 Å². The fourth-order valence-electron chi connectivity index (χ4n) is 2.64. The summed E-state index contributed by atoms with van der Waals surface area (Å²) in [7, 11) is -3.75. The van der Waals surface area contributed by atoms with Gasteiger partial charge in [-0.25, -0.2) is 17.2 Å². The molecule has 7 heteroatoms. The molecule has 0 amide bonds. The topological polar surface area (TPSA) is 55.4 Å². The molecule has 156 valence electrons. The van der Waals surface area contributed by atoms with E-state index in [1.165, 1.54) is 24.3 Å². The second kappa shape index (κ2) is 9.54. The van der Waals surface area contributed by atoms with Crippen molar-refractivity contribution in [1.29, 1.82) is 0 Å². The average Bonchev–Trinajstić information content (AvgIpc) is 2.74. The zero-order valence-electron chi connectivity index (χ0n) is 16.0. The highest BCUT2D eigenvalue weighted by molar-refractivity contribution is 7.92. The van der Waals surface area contributed by atoms with Crippen molar-refractivity contribution in [1.82, 2.24) is 0 Å². The lowest BCUT2D eigenvalue weighted by Crippen LogP contribution is -2.16. The third kappa shape index (κ3) is 6.42. The van der Waals surface area contributed by atoms with Crippen molar-refractivity contribution >= 4 is 21.8 Å². The number of hydrogen-bond acceptors (Lipinski definition) is 3. The number of para-hydroxylation sites is 1. The lowest BCUT2D eigenvalue weighted by atomic mass is 10.1. The number of benzene rings is 3. The Labute approximate surface area is 174 Å². The molecule has 0 aliphatic carbocycles. The maximum atomic E-state index is 14.1. The largest absolute Gasteiger partial charge is 0.493 e. The molecule has 0 unspecified atom stereocenters. The van der Waals surface area contributed by atoms with Crippen LogP contribution in [0.1, 0.15) is 12.0 Å². The van der Waals surface area contributed by atoms with Crippen molar-refractivity contribution < 1.29 is 21.9 Å². The first kappa shape index (κ1) is 21.5. The van der Waals surface area contributed by atoms with Crippen molar-refractivity contribution in [2.75, 3.05) is 11.3 Å². The Morgan fingerprint density at radius 2 is 1.57 bits per heavy atom. The number of ether oxygens (including phenoxy) is 1. The Morgan fingerprint density at radius 3 is 2.27 bits per heavy atom. The molecule has 3 aromatic carbocycles. The van der Waals surface area contributed by atoms with Crippen LogP contribution in [-0.2, 0) is 10.0 Å². The Balaban J connectivity index is 1.61. The third-order valence-electron chi connectivity index (χ3n) is 4.16. The monoisotopic (exact) mass is 429 g/mol. The summed E-state index contributed by atoms with van der Waals surface area (Å²) in [6.45, 7) is -0.127. The van der Waals surface area contributed by atoms with Gasteiger partial charge in [0.25, 0.3) is 15.9 Å². The molecule has 0 saturated carbocycles. The second-order valence-corrected chi connectivity index (χ2v) is 8.23. The van der Waals surface area contributed by atoms with Crippen molar-refractivity contribution in [3.05, 3.63) is 96.6 Å². The number of allylic oxidation sites excluding steroid dienone is 1. The zero-order chi connectivity index (χ0) is 21.5. The quantitative estimate of drug-likeness (QED) is 0.481. The number of hydrogen-bond donors (Lipinski definition) is 1.